The number of aliphatic carboxylic acids is 1. The summed E-state index contributed by atoms with van der Waals surface area (Å²) in [4.78, 5) is 22.7. The molecule has 104 valence electrons. The van der Waals surface area contributed by atoms with Gasteiger partial charge < -0.3 is 15.6 Å². The van der Waals surface area contributed by atoms with Gasteiger partial charge in [0.05, 0.1) is 5.56 Å². The fourth-order valence-corrected chi connectivity index (χ4v) is 1.58. The minimum absolute atomic E-state index is 0.0419. The van der Waals surface area contributed by atoms with Crippen molar-refractivity contribution in [1.82, 2.24) is 0 Å². The summed E-state index contributed by atoms with van der Waals surface area (Å²) >= 11 is 0. The van der Waals surface area contributed by atoms with Crippen LogP contribution in [0.25, 0.3) is 0 Å². The Morgan fingerprint density at radius 1 is 1.32 bits per heavy atom. The molecule has 0 amide bonds. The Bertz CT molecular complexity index is 489. The van der Waals surface area contributed by atoms with Crippen molar-refractivity contribution in [2.45, 2.75) is 39.2 Å². The third kappa shape index (κ3) is 4.99. The summed E-state index contributed by atoms with van der Waals surface area (Å²) in [5, 5.41) is 8.70. The molecule has 0 atom stereocenters. The molecule has 19 heavy (non-hydrogen) atoms. The first-order chi connectivity index (χ1) is 8.69. The van der Waals surface area contributed by atoms with Gasteiger partial charge in [-0.1, -0.05) is 6.07 Å². The molecule has 0 aliphatic carbocycles. The van der Waals surface area contributed by atoms with E-state index < -0.39 is 17.5 Å². The SMILES string of the molecule is CC(C)(C)OC(=O)c1cc(N)ccc1CCC(=O)O. The van der Waals surface area contributed by atoms with E-state index in [0.29, 0.717) is 16.8 Å². The summed E-state index contributed by atoms with van der Waals surface area (Å²) in [6.45, 7) is 5.32. The highest BCUT2D eigenvalue weighted by atomic mass is 16.6. The number of benzene rings is 1. The first-order valence-electron chi connectivity index (χ1n) is 6.02. The molecule has 5 heteroatoms. The molecule has 0 bridgehead atoms. The molecule has 0 saturated carbocycles. The normalized spacial score (nSPS) is 11.1. The quantitative estimate of drug-likeness (QED) is 0.643. The average Bonchev–Trinajstić information content (AvgIpc) is 2.24. The molecule has 0 heterocycles. The Kier molecular flexibility index (Phi) is 4.53. The number of esters is 1. The van der Waals surface area contributed by atoms with Crippen molar-refractivity contribution < 1.29 is 19.4 Å². The number of carbonyl (C=O) groups excluding carboxylic acids is 1. The lowest BCUT2D eigenvalue weighted by molar-refractivity contribution is -0.136. The topological polar surface area (TPSA) is 89.6 Å². The van der Waals surface area contributed by atoms with E-state index in [4.69, 9.17) is 15.6 Å². The zero-order valence-corrected chi connectivity index (χ0v) is 11.4. The van der Waals surface area contributed by atoms with Crippen LogP contribution in [0.2, 0.25) is 0 Å². The van der Waals surface area contributed by atoms with Crippen molar-refractivity contribution in [3.05, 3.63) is 29.3 Å². The molecule has 3 N–H and O–H groups in total. The van der Waals surface area contributed by atoms with E-state index in [9.17, 15) is 9.59 Å². The molecule has 1 aromatic rings. The van der Waals surface area contributed by atoms with E-state index in [0.717, 1.165) is 0 Å². The number of aryl methyl sites for hydroxylation is 1. The summed E-state index contributed by atoms with van der Waals surface area (Å²) in [6, 6.07) is 4.83. The number of hydrogen-bond donors (Lipinski definition) is 2. The van der Waals surface area contributed by atoms with Crippen LogP contribution in [0.1, 0.15) is 43.1 Å². The zero-order chi connectivity index (χ0) is 14.6. The van der Waals surface area contributed by atoms with Crippen LogP contribution in [0.3, 0.4) is 0 Å². The summed E-state index contributed by atoms with van der Waals surface area (Å²) in [6.07, 6.45) is 0.226. The molecule has 0 unspecified atom stereocenters. The number of rotatable bonds is 4. The smallest absolute Gasteiger partial charge is 0.339 e. The number of ether oxygens (including phenoxy) is 1. The van der Waals surface area contributed by atoms with E-state index in [-0.39, 0.29) is 12.8 Å². The van der Waals surface area contributed by atoms with Crippen LogP contribution in [-0.4, -0.2) is 22.6 Å². The number of nitrogen functional groups attached to an aromatic ring is 1. The lowest BCUT2D eigenvalue weighted by Gasteiger charge is -2.20. The lowest BCUT2D eigenvalue weighted by atomic mass is 10.0. The third-order valence-corrected chi connectivity index (χ3v) is 2.36. The maximum atomic E-state index is 12.1. The van der Waals surface area contributed by atoms with Gasteiger partial charge in [0, 0.05) is 12.1 Å². The van der Waals surface area contributed by atoms with Crippen LogP contribution in [0.4, 0.5) is 5.69 Å². The second-order valence-electron chi connectivity index (χ2n) is 5.31. The molecule has 1 rings (SSSR count). The Morgan fingerprint density at radius 3 is 2.47 bits per heavy atom. The number of anilines is 1. The van der Waals surface area contributed by atoms with Crippen molar-refractivity contribution in [1.29, 1.82) is 0 Å². The highest BCUT2D eigenvalue weighted by Crippen LogP contribution is 2.19. The van der Waals surface area contributed by atoms with Gasteiger partial charge in [-0.2, -0.15) is 0 Å². The maximum Gasteiger partial charge on any atom is 0.339 e. The molecule has 0 radical (unpaired) electrons. The molecule has 0 spiro atoms. The third-order valence-electron chi connectivity index (χ3n) is 2.36. The molecule has 0 fully saturated rings. The Balaban J connectivity index is 2.99. The number of carboxylic acids is 1. The van der Waals surface area contributed by atoms with Gasteiger partial charge in [0.25, 0.3) is 0 Å². The van der Waals surface area contributed by atoms with Crippen molar-refractivity contribution in [3.63, 3.8) is 0 Å². The summed E-state index contributed by atoms with van der Waals surface area (Å²) in [5.41, 5.74) is 6.46. The minimum Gasteiger partial charge on any atom is -0.481 e. The number of hydrogen-bond acceptors (Lipinski definition) is 4. The van der Waals surface area contributed by atoms with Crippen molar-refractivity contribution in [2.24, 2.45) is 0 Å². The first-order valence-corrected chi connectivity index (χ1v) is 6.02. The zero-order valence-electron chi connectivity index (χ0n) is 11.4. The molecule has 0 aromatic heterocycles. The van der Waals surface area contributed by atoms with E-state index in [1.54, 1.807) is 32.9 Å². The monoisotopic (exact) mass is 265 g/mol. The fourth-order valence-electron chi connectivity index (χ4n) is 1.58. The predicted molar refractivity (Wildman–Crippen MR) is 72.0 cm³/mol. The fraction of sp³-hybridized carbons (Fsp3) is 0.429. The average molecular weight is 265 g/mol. The van der Waals surface area contributed by atoms with E-state index in [1.807, 2.05) is 0 Å². The Morgan fingerprint density at radius 2 is 1.95 bits per heavy atom. The van der Waals surface area contributed by atoms with Crippen molar-refractivity contribution in [3.8, 4) is 0 Å². The summed E-state index contributed by atoms with van der Waals surface area (Å²) < 4.78 is 5.28. The molecular weight excluding hydrogens is 246 g/mol. The van der Waals surface area contributed by atoms with E-state index >= 15 is 0 Å². The highest BCUT2D eigenvalue weighted by molar-refractivity contribution is 5.92. The highest BCUT2D eigenvalue weighted by Gasteiger charge is 2.20. The largest absolute Gasteiger partial charge is 0.481 e. The van der Waals surface area contributed by atoms with Gasteiger partial charge >= 0.3 is 11.9 Å². The van der Waals surface area contributed by atoms with E-state index in [1.165, 1.54) is 6.07 Å². The van der Waals surface area contributed by atoms with Crippen LogP contribution in [0.15, 0.2) is 18.2 Å². The first kappa shape index (κ1) is 15.0. The van der Waals surface area contributed by atoms with Crippen LogP contribution < -0.4 is 5.73 Å². The van der Waals surface area contributed by atoms with Crippen molar-refractivity contribution >= 4 is 17.6 Å². The Labute approximate surface area is 112 Å². The summed E-state index contributed by atoms with van der Waals surface area (Å²) in [5.74, 6) is -1.40. The van der Waals surface area contributed by atoms with Gasteiger partial charge in [0.15, 0.2) is 0 Å². The second-order valence-corrected chi connectivity index (χ2v) is 5.31. The number of carboxylic acid groups (broad SMARTS) is 1. The molecule has 0 aliphatic heterocycles. The van der Waals surface area contributed by atoms with Crippen LogP contribution >= 0.6 is 0 Å². The van der Waals surface area contributed by atoms with Crippen LogP contribution in [0, 0.1) is 0 Å². The van der Waals surface area contributed by atoms with Gasteiger partial charge in [-0.05, 0) is 44.9 Å². The molecule has 5 nitrogen and oxygen atoms in total. The van der Waals surface area contributed by atoms with E-state index in [2.05, 4.69) is 0 Å². The van der Waals surface area contributed by atoms with Gasteiger partial charge in [-0.3, -0.25) is 4.79 Å². The standard InChI is InChI=1S/C14H19NO4/c1-14(2,3)19-13(18)11-8-10(15)6-4-9(11)5-7-12(16)17/h4,6,8H,5,7,15H2,1-3H3,(H,16,17). The number of nitrogens with two attached hydrogens (primary N) is 1. The Hall–Kier alpha value is -2.04. The van der Waals surface area contributed by atoms with Gasteiger partial charge in [-0.25, -0.2) is 4.79 Å². The molecular formula is C14H19NO4. The molecule has 0 aliphatic rings. The van der Waals surface area contributed by atoms with Crippen molar-refractivity contribution in [2.75, 3.05) is 5.73 Å². The second kappa shape index (κ2) is 5.73. The number of carbonyl (C=O) groups is 2. The minimum atomic E-state index is -0.910. The van der Waals surface area contributed by atoms with Gasteiger partial charge in [0.1, 0.15) is 5.60 Å². The van der Waals surface area contributed by atoms with Gasteiger partial charge in [-0.15, -0.1) is 0 Å². The molecule has 1 aromatic carbocycles. The molecule has 0 saturated heterocycles. The predicted octanol–water partition coefficient (Wildman–Crippen LogP) is 2.24. The van der Waals surface area contributed by atoms with Gasteiger partial charge in [0.2, 0.25) is 0 Å². The van der Waals surface area contributed by atoms with Crippen LogP contribution in [0.5, 0.6) is 0 Å². The maximum absolute atomic E-state index is 12.1. The summed E-state index contributed by atoms with van der Waals surface area (Å²) in [7, 11) is 0. The van der Waals surface area contributed by atoms with Crippen LogP contribution in [-0.2, 0) is 16.0 Å². The lowest BCUT2D eigenvalue weighted by Crippen LogP contribution is -2.24.